The van der Waals surface area contributed by atoms with Crippen LogP contribution in [-0.4, -0.2) is 37.9 Å². The summed E-state index contributed by atoms with van der Waals surface area (Å²) in [7, 11) is 7.80. The summed E-state index contributed by atoms with van der Waals surface area (Å²) in [6.45, 7) is 6.18. The number of nitrogens with one attached hydrogen (secondary N) is 3. The Morgan fingerprint density at radius 2 is 1.38 bits per heavy atom. The van der Waals surface area contributed by atoms with Gasteiger partial charge < -0.3 is 10.6 Å². The molecule has 3 N–H and O–H groups in total. The highest BCUT2D eigenvalue weighted by molar-refractivity contribution is 8.76. The van der Waals surface area contributed by atoms with Crippen molar-refractivity contribution in [3.8, 4) is 0 Å². The van der Waals surface area contributed by atoms with Gasteiger partial charge in [0, 0.05) is 59.8 Å². The van der Waals surface area contributed by atoms with Crippen molar-refractivity contribution in [3.05, 3.63) is 120 Å². The SMILES string of the molecule is C[NH+]=C\C=C/C=C/C(C)=C/c1ccc(NCCSSCCNc2ccc(/C=C(\C)c3cccc[n+]3C)cc2)cc1. The molecule has 1 heterocycles. The Hall–Kier alpha value is -3.48. The molecule has 3 rings (SSSR count). The van der Waals surface area contributed by atoms with E-state index in [1.165, 1.54) is 28.0 Å². The van der Waals surface area contributed by atoms with Crippen LogP contribution >= 0.6 is 21.6 Å². The fourth-order valence-corrected chi connectivity index (χ4v) is 5.79. The first-order valence-electron chi connectivity index (χ1n) is 13.6. The average molecular weight is 571 g/mol. The van der Waals surface area contributed by atoms with Gasteiger partial charge in [0.25, 0.3) is 0 Å². The summed E-state index contributed by atoms with van der Waals surface area (Å²) in [5, 5.41) is 7.05. The standard InChI is InChI=1S/C34H40N4S2/c1-28(10-6-5-8-20-35-3)26-30-12-16-32(17-13-30)36-21-24-39-40-25-22-37-33-18-14-31(15-19-33)27-29(2)34-11-7-9-23-38(34)4/h5-20,23,26-27H,21-22,24-25H2,1-4H3,(H,35,36)/p+2. The first-order chi connectivity index (χ1) is 19.5. The topological polar surface area (TPSA) is 41.9 Å². The van der Waals surface area contributed by atoms with E-state index >= 15 is 0 Å². The second-order valence-electron chi connectivity index (χ2n) is 9.35. The number of hydrogen-bond donors (Lipinski definition) is 3. The lowest BCUT2D eigenvalue weighted by molar-refractivity contribution is -0.673. The molecule has 0 radical (unpaired) electrons. The molecule has 0 unspecified atom stereocenters. The van der Waals surface area contributed by atoms with Crippen LogP contribution in [0.3, 0.4) is 0 Å². The Bertz CT molecular complexity index is 1320. The number of pyridine rings is 1. The zero-order valence-corrected chi connectivity index (χ0v) is 25.7. The van der Waals surface area contributed by atoms with E-state index in [1.54, 1.807) is 0 Å². The minimum absolute atomic E-state index is 0.952. The van der Waals surface area contributed by atoms with Crippen molar-refractivity contribution in [1.82, 2.24) is 0 Å². The van der Waals surface area contributed by atoms with Crippen LogP contribution in [0.25, 0.3) is 17.7 Å². The summed E-state index contributed by atoms with van der Waals surface area (Å²) in [4.78, 5) is 2.97. The summed E-state index contributed by atoms with van der Waals surface area (Å²) in [5.41, 5.74) is 8.44. The predicted molar refractivity (Wildman–Crippen MR) is 181 cm³/mol. The van der Waals surface area contributed by atoms with Crippen LogP contribution in [0.1, 0.15) is 30.7 Å². The van der Waals surface area contributed by atoms with E-state index in [9.17, 15) is 0 Å². The summed E-state index contributed by atoms with van der Waals surface area (Å²) < 4.78 is 2.15. The molecule has 1 aromatic heterocycles. The van der Waals surface area contributed by atoms with Crippen molar-refractivity contribution in [1.29, 1.82) is 0 Å². The number of anilines is 2. The summed E-state index contributed by atoms with van der Waals surface area (Å²) >= 11 is 0. The second kappa shape index (κ2) is 18.0. The number of aromatic nitrogens is 1. The van der Waals surface area contributed by atoms with Gasteiger partial charge >= 0.3 is 0 Å². The molecule has 0 bridgehead atoms. The van der Waals surface area contributed by atoms with Gasteiger partial charge in [-0.2, -0.15) is 0 Å². The van der Waals surface area contributed by atoms with Crippen LogP contribution in [0.15, 0.2) is 103 Å². The number of aryl methyl sites for hydroxylation is 1. The van der Waals surface area contributed by atoms with E-state index in [4.69, 9.17) is 0 Å². The fraction of sp³-hybridized carbons (Fsp3) is 0.235. The van der Waals surface area contributed by atoms with Crippen LogP contribution in [-0.2, 0) is 7.05 Å². The van der Waals surface area contributed by atoms with Gasteiger partial charge in [-0.3, -0.25) is 4.99 Å². The van der Waals surface area contributed by atoms with Crippen molar-refractivity contribution in [2.45, 2.75) is 13.8 Å². The molecule has 4 nitrogen and oxygen atoms in total. The largest absolute Gasteiger partial charge is 0.384 e. The van der Waals surface area contributed by atoms with Crippen LogP contribution in [0.4, 0.5) is 11.4 Å². The van der Waals surface area contributed by atoms with Crippen molar-refractivity contribution in [2.75, 3.05) is 42.3 Å². The van der Waals surface area contributed by atoms with Crippen LogP contribution in [0.5, 0.6) is 0 Å². The van der Waals surface area contributed by atoms with Crippen LogP contribution in [0.2, 0.25) is 0 Å². The number of allylic oxidation sites excluding steroid dienone is 6. The molecule has 0 aliphatic carbocycles. The molecule has 0 amide bonds. The molecule has 2 aromatic carbocycles. The van der Waals surface area contributed by atoms with Crippen molar-refractivity contribution in [3.63, 3.8) is 0 Å². The van der Waals surface area contributed by atoms with Crippen LogP contribution in [0, 0.1) is 0 Å². The highest BCUT2D eigenvalue weighted by atomic mass is 33.1. The maximum atomic E-state index is 3.53. The molecule has 208 valence electrons. The zero-order chi connectivity index (χ0) is 28.4. The van der Waals surface area contributed by atoms with Gasteiger partial charge in [-0.05, 0) is 61.4 Å². The lowest BCUT2D eigenvalue weighted by Crippen LogP contribution is -2.62. The number of nitrogens with zero attached hydrogens (tertiary/aromatic N) is 1. The second-order valence-corrected chi connectivity index (χ2v) is 12.1. The third-order valence-corrected chi connectivity index (χ3v) is 8.42. The van der Waals surface area contributed by atoms with E-state index < -0.39 is 0 Å². The molecule has 0 aliphatic rings. The average Bonchev–Trinajstić information content (AvgIpc) is 2.96. The molecule has 3 aromatic rings. The highest BCUT2D eigenvalue weighted by Crippen LogP contribution is 2.22. The summed E-state index contributed by atoms with van der Waals surface area (Å²) in [5.74, 6) is 2.13. The van der Waals surface area contributed by atoms with Crippen molar-refractivity contribution < 1.29 is 9.56 Å². The molecule has 0 aliphatic heterocycles. The summed E-state index contributed by atoms with van der Waals surface area (Å²) in [6.07, 6.45) is 16.5. The van der Waals surface area contributed by atoms with E-state index in [-0.39, 0.29) is 0 Å². The molecule has 0 atom stereocenters. The Labute approximate surface area is 248 Å². The minimum atomic E-state index is 0.952. The minimum Gasteiger partial charge on any atom is -0.384 e. The normalized spacial score (nSPS) is 12.6. The molecule has 40 heavy (non-hydrogen) atoms. The van der Waals surface area contributed by atoms with E-state index in [2.05, 4.69) is 132 Å². The summed E-state index contributed by atoms with van der Waals surface area (Å²) in [6, 6.07) is 23.6. The van der Waals surface area contributed by atoms with Crippen LogP contribution < -0.4 is 20.2 Å². The fourth-order valence-electron chi connectivity index (χ4n) is 3.98. The van der Waals surface area contributed by atoms with Gasteiger partial charge in [0.15, 0.2) is 12.4 Å². The van der Waals surface area contributed by atoms with Gasteiger partial charge in [-0.15, -0.1) is 0 Å². The Kier molecular flexibility index (Phi) is 14.0. The van der Waals surface area contributed by atoms with Gasteiger partial charge in [0.2, 0.25) is 5.69 Å². The third kappa shape index (κ3) is 11.7. The zero-order valence-electron chi connectivity index (χ0n) is 24.1. The smallest absolute Gasteiger partial charge is 0.207 e. The lowest BCUT2D eigenvalue weighted by Gasteiger charge is -2.08. The maximum Gasteiger partial charge on any atom is 0.207 e. The number of benzene rings is 2. The molecule has 0 saturated carbocycles. The number of rotatable bonds is 15. The first kappa shape index (κ1) is 31.1. The molecule has 6 heteroatoms. The van der Waals surface area contributed by atoms with Gasteiger partial charge in [-0.25, -0.2) is 4.57 Å². The molecular formula is C34H42N4S2+2. The number of hydrogen-bond acceptors (Lipinski definition) is 4. The molecule has 0 saturated heterocycles. The predicted octanol–water partition coefficient (Wildman–Crippen LogP) is 6.27. The molecule has 0 fully saturated rings. The third-order valence-electron chi connectivity index (χ3n) is 6.01. The highest BCUT2D eigenvalue weighted by Gasteiger charge is 2.06. The Morgan fingerprint density at radius 1 is 0.775 bits per heavy atom. The molecular weight excluding hydrogens is 529 g/mol. The van der Waals surface area contributed by atoms with Crippen molar-refractivity contribution >= 4 is 56.9 Å². The Morgan fingerprint density at radius 3 is 1.95 bits per heavy atom. The van der Waals surface area contributed by atoms with Gasteiger partial charge in [0.1, 0.15) is 14.1 Å². The van der Waals surface area contributed by atoms with E-state index in [0.29, 0.717) is 0 Å². The quantitative estimate of drug-likeness (QED) is 0.0662. The van der Waals surface area contributed by atoms with Gasteiger partial charge in [0.05, 0.1) is 0 Å². The van der Waals surface area contributed by atoms with E-state index in [1.807, 2.05) is 53.1 Å². The first-order valence-corrected chi connectivity index (χ1v) is 16.1. The lowest BCUT2D eigenvalue weighted by atomic mass is 10.1. The maximum absolute atomic E-state index is 3.53. The monoisotopic (exact) mass is 570 g/mol. The van der Waals surface area contributed by atoms with E-state index in [0.717, 1.165) is 36.0 Å². The van der Waals surface area contributed by atoms with Gasteiger partial charge in [-0.1, -0.05) is 75.7 Å². The van der Waals surface area contributed by atoms with Crippen molar-refractivity contribution in [2.24, 2.45) is 7.05 Å². The Balaban J connectivity index is 1.28. The molecule has 0 spiro atoms.